The molecule has 19 heavy (non-hydrogen) atoms. The zero-order valence-corrected chi connectivity index (χ0v) is 12.6. The van der Waals surface area contributed by atoms with Crippen molar-refractivity contribution in [3.05, 3.63) is 29.3 Å². The molecule has 0 saturated carbocycles. The van der Waals surface area contributed by atoms with E-state index in [9.17, 15) is 0 Å². The summed E-state index contributed by atoms with van der Waals surface area (Å²) < 4.78 is 5.63. The maximum Gasteiger partial charge on any atom is 0.0576 e. The van der Waals surface area contributed by atoms with Gasteiger partial charge in [0.25, 0.3) is 0 Å². The van der Waals surface area contributed by atoms with E-state index in [4.69, 9.17) is 22.2 Å². The van der Waals surface area contributed by atoms with E-state index < -0.39 is 0 Å². The summed E-state index contributed by atoms with van der Waals surface area (Å²) in [6, 6.07) is 8.21. The van der Waals surface area contributed by atoms with Gasteiger partial charge in [0, 0.05) is 23.3 Å². The molecular formula is C14H21ClN2OS. The summed E-state index contributed by atoms with van der Waals surface area (Å²) in [6.45, 7) is 0.916. The molecule has 1 aromatic rings. The molecule has 1 aliphatic heterocycles. The highest BCUT2D eigenvalue weighted by atomic mass is 35.5. The highest BCUT2D eigenvalue weighted by Crippen LogP contribution is 2.28. The third-order valence-electron chi connectivity index (χ3n) is 3.37. The molecule has 106 valence electrons. The van der Waals surface area contributed by atoms with Gasteiger partial charge < -0.3 is 4.74 Å². The molecule has 1 aromatic carbocycles. The molecule has 5 heteroatoms. The number of rotatable bonds is 7. The lowest BCUT2D eigenvalue weighted by Crippen LogP contribution is -2.37. The molecule has 0 radical (unpaired) electrons. The molecule has 1 fully saturated rings. The molecule has 2 unspecified atom stereocenters. The number of nitrogens with two attached hydrogens (primary N) is 1. The van der Waals surface area contributed by atoms with Gasteiger partial charge in [-0.3, -0.25) is 11.3 Å². The van der Waals surface area contributed by atoms with Crippen molar-refractivity contribution < 1.29 is 4.74 Å². The summed E-state index contributed by atoms with van der Waals surface area (Å²) in [4.78, 5) is 1.11. The van der Waals surface area contributed by atoms with Crippen LogP contribution < -0.4 is 11.3 Å². The van der Waals surface area contributed by atoms with Gasteiger partial charge in [-0.1, -0.05) is 23.7 Å². The summed E-state index contributed by atoms with van der Waals surface area (Å²) in [5, 5.41) is 0.808. The number of nitrogens with one attached hydrogen (secondary N) is 1. The lowest BCUT2D eigenvalue weighted by molar-refractivity contribution is 0.100. The Bertz CT molecular complexity index is 385. The van der Waals surface area contributed by atoms with E-state index in [-0.39, 0.29) is 0 Å². The molecule has 0 spiro atoms. The van der Waals surface area contributed by atoms with Crippen molar-refractivity contribution in [2.45, 2.75) is 42.7 Å². The normalized spacial score (nSPS) is 20.6. The minimum absolute atomic E-state index is 0.297. The Morgan fingerprint density at radius 2 is 2.32 bits per heavy atom. The molecular weight excluding hydrogens is 280 g/mol. The second kappa shape index (κ2) is 8.12. The van der Waals surface area contributed by atoms with E-state index in [1.807, 2.05) is 24.3 Å². The molecule has 3 nitrogen and oxygen atoms in total. The Morgan fingerprint density at radius 3 is 3.00 bits per heavy atom. The second-order valence-electron chi connectivity index (χ2n) is 4.82. The van der Waals surface area contributed by atoms with Crippen LogP contribution in [0.25, 0.3) is 0 Å². The summed E-state index contributed by atoms with van der Waals surface area (Å²) in [5.41, 5.74) is 2.90. The van der Waals surface area contributed by atoms with Gasteiger partial charge in [-0.15, -0.1) is 11.8 Å². The Balaban J connectivity index is 1.74. The fraction of sp³-hybridized carbons (Fsp3) is 0.571. The monoisotopic (exact) mass is 300 g/mol. The number of benzene rings is 1. The summed E-state index contributed by atoms with van der Waals surface area (Å²) in [7, 11) is 0. The van der Waals surface area contributed by atoms with Crippen molar-refractivity contribution in [2.75, 3.05) is 12.4 Å². The maximum absolute atomic E-state index is 6.14. The number of hydrogen-bond donors (Lipinski definition) is 2. The van der Waals surface area contributed by atoms with Crippen LogP contribution in [0.15, 0.2) is 29.2 Å². The van der Waals surface area contributed by atoms with E-state index in [1.54, 1.807) is 11.8 Å². The molecule has 1 aliphatic rings. The highest BCUT2D eigenvalue weighted by Gasteiger charge is 2.17. The Labute approximate surface area is 124 Å². The first-order valence-electron chi connectivity index (χ1n) is 6.74. The fourth-order valence-electron chi connectivity index (χ4n) is 2.23. The van der Waals surface area contributed by atoms with Crippen LogP contribution >= 0.6 is 23.4 Å². The molecule has 0 amide bonds. The van der Waals surface area contributed by atoms with Crippen LogP contribution in [0.2, 0.25) is 5.02 Å². The third-order valence-corrected chi connectivity index (χ3v) is 5.05. The van der Waals surface area contributed by atoms with Gasteiger partial charge in [-0.05, 0) is 37.8 Å². The van der Waals surface area contributed by atoms with Gasteiger partial charge >= 0.3 is 0 Å². The average molecular weight is 301 g/mol. The van der Waals surface area contributed by atoms with Crippen molar-refractivity contribution >= 4 is 23.4 Å². The van der Waals surface area contributed by atoms with Crippen molar-refractivity contribution in [3.8, 4) is 0 Å². The third kappa shape index (κ3) is 4.97. The Hall–Kier alpha value is -0.260. The van der Waals surface area contributed by atoms with Crippen LogP contribution in [0.1, 0.15) is 25.7 Å². The summed E-state index contributed by atoms with van der Waals surface area (Å²) in [5.74, 6) is 6.55. The number of hydrogen-bond acceptors (Lipinski definition) is 4. The van der Waals surface area contributed by atoms with Crippen LogP contribution in [0.4, 0.5) is 0 Å². The van der Waals surface area contributed by atoms with Crippen molar-refractivity contribution in [1.29, 1.82) is 0 Å². The fourth-order valence-corrected chi connectivity index (χ4v) is 3.55. The highest BCUT2D eigenvalue weighted by molar-refractivity contribution is 7.99. The number of hydrazine groups is 1. The van der Waals surface area contributed by atoms with Crippen LogP contribution in [0.3, 0.4) is 0 Å². The van der Waals surface area contributed by atoms with E-state index in [0.29, 0.717) is 12.1 Å². The first-order valence-corrected chi connectivity index (χ1v) is 8.11. The van der Waals surface area contributed by atoms with E-state index in [0.717, 1.165) is 35.1 Å². The predicted octanol–water partition coefficient (Wildman–Crippen LogP) is 3.22. The molecule has 2 atom stereocenters. The molecule has 0 bridgehead atoms. The quantitative estimate of drug-likeness (QED) is 0.461. The van der Waals surface area contributed by atoms with Gasteiger partial charge in [0.15, 0.2) is 0 Å². The lowest BCUT2D eigenvalue weighted by Gasteiger charge is -2.17. The molecule has 3 N–H and O–H groups in total. The van der Waals surface area contributed by atoms with E-state index in [1.165, 1.54) is 12.8 Å². The predicted molar refractivity (Wildman–Crippen MR) is 81.5 cm³/mol. The van der Waals surface area contributed by atoms with E-state index in [2.05, 4.69) is 5.43 Å². The van der Waals surface area contributed by atoms with Gasteiger partial charge in [0.1, 0.15) is 0 Å². The van der Waals surface area contributed by atoms with Gasteiger partial charge in [-0.2, -0.15) is 0 Å². The lowest BCUT2D eigenvalue weighted by atomic mass is 10.1. The van der Waals surface area contributed by atoms with Crippen LogP contribution in [-0.4, -0.2) is 24.5 Å². The molecule has 0 aliphatic carbocycles. The SMILES string of the molecule is NNC(CCC1CCCO1)CSc1ccccc1Cl. The zero-order chi connectivity index (χ0) is 13.5. The van der Waals surface area contributed by atoms with Gasteiger partial charge in [0.2, 0.25) is 0 Å². The standard InChI is InChI=1S/C14H21ClN2OS/c15-13-5-1-2-6-14(13)19-10-11(17-16)7-8-12-4-3-9-18-12/h1-2,5-6,11-12,17H,3-4,7-10,16H2. The van der Waals surface area contributed by atoms with Crippen LogP contribution in [0.5, 0.6) is 0 Å². The largest absolute Gasteiger partial charge is 0.378 e. The van der Waals surface area contributed by atoms with E-state index >= 15 is 0 Å². The minimum atomic E-state index is 0.297. The zero-order valence-electron chi connectivity index (χ0n) is 11.0. The summed E-state index contributed by atoms with van der Waals surface area (Å²) >= 11 is 7.89. The first kappa shape index (κ1) is 15.1. The second-order valence-corrected chi connectivity index (χ2v) is 6.29. The summed E-state index contributed by atoms with van der Waals surface area (Å²) in [6.07, 6.45) is 4.94. The van der Waals surface area contributed by atoms with Gasteiger partial charge in [0.05, 0.1) is 11.1 Å². The van der Waals surface area contributed by atoms with Crippen molar-refractivity contribution in [2.24, 2.45) is 5.84 Å². The minimum Gasteiger partial charge on any atom is -0.378 e. The Kier molecular flexibility index (Phi) is 6.47. The van der Waals surface area contributed by atoms with Crippen LogP contribution in [-0.2, 0) is 4.74 Å². The first-order chi connectivity index (χ1) is 9.29. The smallest absolute Gasteiger partial charge is 0.0576 e. The molecule has 0 aromatic heterocycles. The Morgan fingerprint density at radius 1 is 1.47 bits per heavy atom. The average Bonchev–Trinajstić information content (AvgIpc) is 2.94. The van der Waals surface area contributed by atoms with Crippen LogP contribution in [0, 0.1) is 0 Å². The number of ether oxygens (including phenoxy) is 1. The molecule has 1 saturated heterocycles. The maximum atomic E-state index is 6.14. The van der Waals surface area contributed by atoms with Gasteiger partial charge in [-0.25, -0.2) is 0 Å². The van der Waals surface area contributed by atoms with Crippen molar-refractivity contribution in [3.63, 3.8) is 0 Å². The number of halogens is 1. The van der Waals surface area contributed by atoms with Crippen molar-refractivity contribution in [1.82, 2.24) is 5.43 Å². The molecule has 1 heterocycles. The topological polar surface area (TPSA) is 47.3 Å². The molecule has 2 rings (SSSR count). The number of thioether (sulfide) groups is 1.